The van der Waals surface area contributed by atoms with Crippen LogP contribution in [0, 0.1) is 0 Å². The van der Waals surface area contributed by atoms with Gasteiger partial charge in [0.15, 0.2) is 5.76 Å². The van der Waals surface area contributed by atoms with Gasteiger partial charge in [0.1, 0.15) is 6.26 Å². The van der Waals surface area contributed by atoms with Crippen molar-refractivity contribution in [2.45, 2.75) is 12.3 Å². The molecule has 1 aromatic rings. The van der Waals surface area contributed by atoms with Crippen LogP contribution in [0.1, 0.15) is 18.1 Å². The maximum Gasteiger partial charge on any atom is 0.518 e. The van der Waals surface area contributed by atoms with Gasteiger partial charge >= 0.3 is 5.82 Å². The maximum atomic E-state index is 10.5. The Bertz CT molecular complexity index is 333. The highest BCUT2D eigenvalue weighted by atomic mass is 16.6. The molecule has 0 spiro atoms. The largest absolute Gasteiger partial charge is 0.518 e. The Morgan fingerprint density at radius 3 is 3.00 bits per heavy atom. The molecule has 0 aromatic carbocycles. The van der Waals surface area contributed by atoms with Crippen molar-refractivity contribution in [3.63, 3.8) is 0 Å². The Morgan fingerprint density at radius 2 is 2.42 bits per heavy atom. The molecule has 0 saturated carbocycles. The van der Waals surface area contributed by atoms with Crippen molar-refractivity contribution in [1.29, 1.82) is 0 Å². The highest BCUT2D eigenvalue weighted by Crippen LogP contribution is 2.22. The van der Waals surface area contributed by atoms with E-state index in [4.69, 9.17) is 9.15 Å². The van der Waals surface area contributed by atoms with Crippen molar-refractivity contribution < 1.29 is 13.6 Å². The second-order valence-electron chi connectivity index (χ2n) is 2.63. The van der Waals surface area contributed by atoms with Gasteiger partial charge in [-0.15, -0.1) is 0 Å². The predicted octanol–water partition coefficient (Wildman–Crippen LogP) is 1.25. The van der Waals surface area contributed by atoms with Gasteiger partial charge < -0.3 is 13.6 Å². The molecule has 12 heavy (non-hydrogen) atoms. The van der Waals surface area contributed by atoms with Crippen LogP contribution < -0.4 is 5.82 Å². The first kappa shape index (κ1) is 7.21. The quantitative estimate of drug-likeness (QED) is 0.633. The Balaban J connectivity index is 2.19. The lowest BCUT2D eigenvalue weighted by molar-refractivity contribution is 0.197. The molecule has 0 radical (unpaired) electrons. The molecule has 1 aromatic heterocycles. The Kier molecular flexibility index (Phi) is 1.74. The first-order chi connectivity index (χ1) is 5.86. The van der Waals surface area contributed by atoms with E-state index in [1.807, 2.05) is 6.08 Å². The molecule has 64 valence electrons. The zero-order valence-corrected chi connectivity index (χ0v) is 6.36. The van der Waals surface area contributed by atoms with E-state index in [9.17, 15) is 4.79 Å². The topological polar surface area (TPSA) is 52.6 Å². The lowest BCUT2D eigenvalue weighted by Crippen LogP contribution is -2.07. The monoisotopic (exact) mass is 168 g/mol. The lowest BCUT2D eigenvalue weighted by Gasteiger charge is -2.14. The van der Waals surface area contributed by atoms with Crippen molar-refractivity contribution >= 4 is 0 Å². The molecule has 4 nitrogen and oxygen atoms in total. The van der Waals surface area contributed by atoms with Gasteiger partial charge in [-0.3, -0.25) is 0 Å². The molecule has 1 aliphatic heterocycles. The SMILES string of the molecule is O=c1occ(C2CC=COC2)o1. The van der Waals surface area contributed by atoms with Crippen LogP contribution in [-0.2, 0) is 4.74 Å². The fourth-order valence-corrected chi connectivity index (χ4v) is 1.16. The molecule has 1 aliphatic rings. The smallest absolute Gasteiger partial charge is 0.501 e. The van der Waals surface area contributed by atoms with Gasteiger partial charge in [-0.1, -0.05) is 0 Å². The number of hydrogen-bond donors (Lipinski definition) is 0. The van der Waals surface area contributed by atoms with Crippen LogP contribution in [0.5, 0.6) is 0 Å². The van der Waals surface area contributed by atoms with Crippen molar-refractivity contribution in [1.82, 2.24) is 0 Å². The van der Waals surface area contributed by atoms with Gasteiger partial charge in [0.05, 0.1) is 18.8 Å². The number of rotatable bonds is 1. The standard InChI is InChI=1S/C8H8O4/c9-8-11-5-7(12-8)6-2-1-3-10-4-6/h1,3,5-6H,2,4H2. The summed E-state index contributed by atoms with van der Waals surface area (Å²) in [6, 6.07) is 0. The summed E-state index contributed by atoms with van der Waals surface area (Å²) in [5.74, 6) is 0.0188. The van der Waals surface area contributed by atoms with Gasteiger partial charge in [0.25, 0.3) is 0 Å². The van der Waals surface area contributed by atoms with E-state index >= 15 is 0 Å². The first-order valence-corrected chi connectivity index (χ1v) is 3.71. The highest BCUT2D eigenvalue weighted by Gasteiger charge is 2.17. The normalized spacial score (nSPS) is 22.2. The third-order valence-electron chi connectivity index (χ3n) is 1.79. The van der Waals surface area contributed by atoms with E-state index in [-0.39, 0.29) is 5.92 Å². The summed E-state index contributed by atoms with van der Waals surface area (Å²) in [5, 5.41) is 0. The minimum atomic E-state index is -0.653. The second-order valence-corrected chi connectivity index (χ2v) is 2.63. The van der Waals surface area contributed by atoms with Crippen LogP contribution in [0.2, 0.25) is 0 Å². The maximum absolute atomic E-state index is 10.5. The molecule has 0 amide bonds. The average molecular weight is 168 g/mol. The van der Waals surface area contributed by atoms with Crippen LogP contribution in [0.25, 0.3) is 0 Å². The number of ether oxygens (including phenoxy) is 1. The molecule has 2 heterocycles. The second kappa shape index (κ2) is 2.89. The molecule has 0 fully saturated rings. The van der Waals surface area contributed by atoms with Gasteiger partial charge in [0, 0.05) is 0 Å². The summed E-state index contributed by atoms with van der Waals surface area (Å²) >= 11 is 0. The van der Waals surface area contributed by atoms with Crippen LogP contribution >= 0.6 is 0 Å². The number of allylic oxidation sites excluding steroid dienone is 1. The van der Waals surface area contributed by atoms with E-state index < -0.39 is 5.82 Å². The average Bonchev–Trinajstić information content (AvgIpc) is 2.54. The predicted molar refractivity (Wildman–Crippen MR) is 39.7 cm³/mol. The van der Waals surface area contributed by atoms with Crippen LogP contribution in [0.3, 0.4) is 0 Å². The summed E-state index contributed by atoms with van der Waals surface area (Å²) in [5.41, 5.74) is 0. The lowest BCUT2D eigenvalue weighted by atomic mass is 10.0. The zero-order chi connectivity index (χ0) is 8.39. The summed E-state index contributed by atoms with van der Waals surface area (Å²) in [6.45, 7) is 0.541. The molecular formula is C8H8O4. The fraction of sp³-hybridized carbons (Fsp3) is 0.375. The van der Waals surface area contributed by atoms with Crippen molar-refractivity contribution in [3.05, 3.63) is 35.0 Å². The Hall–Kier alpha value is -1.45. The zero-order valence-electron chi connectivity index (χ0n) is 6.36. The molecule has 0 saturated heterocycles. The summed E-state index contributed by atoms with van der Waals surface area (Å²) < 4.78 is 14.4. The number of hydrogen-bond acceptors (Lipinski definition) is 4. The molecule has 0 aliphatic carbocycles. The summed E-state index contributed by atoms with van der Waals surface area (Å²) in [7, 11) is 0. The van der Waals surface area contributed by atoms with E-state index in [0.717, 1.165) is 6.42 Å². The van der Waals surface area contributed by atoms with E-state index in [0.29, 0.717) is 12.4 Å². The van der Waals surface area contributed by atoms with Crippen LogP contribution in [-0.4, -0.2) is 6.61 Å². The molecule has 1 unspecified atom stereocenters. The van der Waals surface area contributed by atoms with E-state index in [1.165, 1.54) is 6.26 Å². The van der Waals surface area contributed by atoms with Crippen molar-refractivity contribution in [2.75, 3.05) is 6.61 Å². The van der Waals surface area contributed by atoms with Crippen molar-refractivity contribution in [2.24, 2.45) is 0 Å². The Morgan fingerprint density at radius 1 is 1.50 bits per heavy atom. The van der Waals surface area contributed by atoms with Gasteiger partial charge in [-0.25, -0.2) is 4.79 Å². The third-order valence-corrected chi connectivity index (χ3v) is 1.79. The van der Waals surface area contributed by atoms with Crippen LogP contribution in [0.15, 0.2) is 32.2 Å². The minimum Gasteiger partial charge on any atom is -0.501 e. The highest BCUT2D eigenvalue weighted by molar-refractivity contribution is 5.02. The third kappa shape index (κ3) is 1.28. The van der Waals surface area contributed by atoms with Crippen LogP contribution in [0.4, 0.5) is 0 Å². The summed E-state index contributed by atoms with van der Waals surface area (Å²) in [6.07, 6.45) is 5.70. The fourth-order valence-electron chi connectivity index (χ4n) is 1.16. The molecule has 4 heteroatoms. The van der Waals surface area contributed by atoms with Gasteiger partial charge in [-0.2, -0.15) is 0 Å². The molecule has 0 bridgehead atoms. The Labute approximate surface area is 68.4 Å². The summed E-state index contributed by atoms with van der Waals surface area (Å²) in [4.78, 5) is 10.5. The molecule has 0 N–H and O–H groups in total. The van der Waals surface area contributed by atoms with E-state index in [1.54, 1.807) is 6.26 Å². The van der Waals surface area contributed by atoms with Gasteiger partial charge in [-0.05, 0) is 12.5 Å². The first-order valence-electron chi connectivity index (χ1n) is 3.71. The molecule has 1 atom stereocenters. The molecule has 2 rings (SSSR count). The van der Waals surface area contributed by atoms with E-state index in [2.05, 4.69) is 4.42 Å². The molecular weight excluding hydrogens is 160 g/mol. The minimum absolute atomic E-state index is 0.112. The van der Waals surface area contributed by atoms with Gasteiger partial charge in [0.2, 0.25) is 0 Å². The van der Waals surface area contributed by atoms with Crippen molar-refractivity contribution in [3.8, 4) is 0 Å².